The van der Waals surface area contributed by atoms with Gasteiger partial charge in [0.1, 0.15) is 12.2 Å². The Kier molecular flexibility index (Phi) is 7.00. The Morgan fingerprint density at radius 3 is 2.30 bits per heavy atom. The first-order chi connectivity index (χ1) is 13.4. The summed E-state index contributed by atoms with van der Waals surface area (Å²) in [5.74, 6) is 0.807. The van der Waals surface area contributed by atoms with Crippen LogP contribution in [0.25, 0.3) is 0 Å². The molecule has 0 heterocycles. The molecule has 4 fully saturated rings. The average Bonchev–Trinajstić information content (AvgIpc) is 2.87. The van der Waals surface area contributed by atoms with Crippen molar-refractivity contribution in [3.05, 3.63) is 12.7 Å². The average molecular weight is 453 g/mol. The monoisotopic (exact) mass is 452 g/mol. The topological polar surface area (TPSA) is 127 Å². The molecule has 4 saturated carbocycles. The fraction of sp³-hybridized carbons (Fsp3) is 0.905. The first kappa shape index (κ1) is 25.1. The van der Waals surface area contributed by atoms with Crippen molar-refractivity contribution in [2.24, 2.45) is 40.4 Å². The van der Waals surface area contributed by atoms with Gasteiger partial charge in [0.2, 0.25) is 10.4 Å². The van der Waals surface area contributed by atoms with Crippen molar-refractivity contribution in [1.82, 2.24) is 0 Å². The zero-order valence-electron chi connectivity index (χ0n) is 18.1. The van der Waals surface area contributed by atoms with Crippen LogP contribution in [0, 0.1) is 40.4 Å². The van der Waals surface area contributed by atoms with Crippen LogP contribution in [0.3, 0.4) is 0 Å². The van der Waals surface area contributed by atoms with Crippen molar-refractivity contribution in [3.63, 3.8) is 0 Å². The van der Waals surface area contributed by atoms with Gasteiger partial charge in [0, 0.05) is 5.92 Å². The summed E-state index contributed by atoms with van der Waals surface area (Å²) in [5, 5.41) is 31.8. The number of aliphatic hydroxyl groups is 3. The van der Waals surface area contributed by atoms with Crippen LogP contribution in [0.15, 0.2) is 12.7 Å². The predicted molar refractivity (Wildman–Crippen MR) is 104 cm³/mol. The van der Waals surface area contributed by atoms with Crippen molar-refractivity contribution in [1.29, 1.82) is 0 Å². The summed E-state index contributed by atoms with van der Waals surface area (Å²) in [6.07, 6.45) is 2.20. The Hall–Kier alpha value is 0.490. The molecule has 0 aliphatic heterocycles. The summed E-state index contributed by atoms with van der Waals surface area (Å²) < 4.78 is 38.2. The minimum atomic E-state index is -4.98. The van der Waals surface area contributed by atoms with Crippen LogP contribution in [0.1, 0.15) is 52.4 Å². The van der Waals surface area contributed by atoms with Crippen molar-refractivity contribution in [3.8, 4) is 0 Å². The first-order valence-electron chi connectivity index (χ1n) is 10.7. The van der Waals surface area contributed by atoms with E-state index in [1.54, 1.807) is 0 Å². The Morgan fingerprint density at radius 1 is 1.03 bits per heavy atom. The SMILES string of the molecule is C=C[C@H]1[C@@H](O)C[C@H]2[C@@H]3CC[C@H]4[C@@H](O)[C@@H](O)[C@@H](OS(=O)(=O)[O-])C[C@]4(C)[C@H]3CC[C@]12C.[Na+]. The van der Waals surface area contributed by atoms with E-state index >= 15 is 0 Å². The molecule has 7 nitrogen and oxygen atoms in total. The van der Waals surface area contributed by atoms with Crippen molar-refractivity contribution < 1.29 is 62.0 Å². The van der Waals surface area contributed by atoms with E-state index in [0.717, 1.165) is 32.1 Å². The molecular formula is C21H33NaO7S. The maximum absolute atomic E-state index is 11.2. The molecule has 0 spiro atoms. The second-order valence-corrected chi connectivity index (χ2v) is 11.4. The van der Waals surface area contributed by atoms with E-state index in [1.807, 2.05) is 6.08 Å². The van der Waals surface area contributed by atoms with Gasteiger partial charge in [-0.25, -0.2) is 8.42 Å². The van der Waals surface area contributed by atoms with E-state index in [9.17, 15) is 28.3 Å². The molecule has 4 aliphatic rings. The van der Waals surface area contributed by atoms with Crippen molar-refractivity contribution >= 4 is 10.4 Å². The Labute approximate surface area is 201 Å². The first-order valence-corrected chi connectivity index (χ1v) is 12.1. The molecule has 0 bridgehead atoms. The van der Waals surface area contributed by atoms with Gasteiger partial charge in [-0.15, -0.1) is 6.58 Å². The fourth-order valence-corrected chi connectivity index (χ4v) is 8.57. The van der Waals surface area contributed by atoms with Gasteiger partial charge < -0.3 is 19.9 Å². The van der Waals surface area contributed by atoms with Crippen LogP contribution in [-0.4, -0.2) is 52.7 Å². The molecule has 30 heavy (non-hydrogen) atoms. The van der Waals surface area contributed by atoms with Crippen molar-refractivity contribution in [2.45, 2.75) is 76.8 Å². The van der Waals surface area contributed by atoms with Crippen LogP contribution in [0.2, 0.25) is 0 Å². The molecule has 0 saturated heterocycles. The number of fused-ring (bicyclic) bond motifs is 5. The Morgan fingerprint density at radius 2 is 1.70 bits per heavy atom. The second-order valence-electron chi connectivity index (χ2n) is 10.4. The summed E-state index contributed by atoms with van der Waals surface area (Å²) in [6, 6.07) is 0. The van der Waals surface area contributed by atoms with Gasteiger partial charge in [-0.05, 0) is 73.0 Å². The van der Waals surface area contributed by atoms with E-state index in [2.05, 4.69) is 24.6 Å². The molecule has 0 aromatic rings. The smallest absolute Gasteiger partial charge is 0.726 e. The molecule has 11 atom stereocenters. The third kappa shape index (κ3) is 3.78. The zero-order valence-corrected chi connectivity index (χ0v) is 20.9. The number of hydrogen-bond donors (Lipinski definition) is 3. The summed E-state index contributed by atoms with van der Waals surface area (Å²) in [4.78, 5) is 0. The Bertz CT molecular complexity index is 775. The van der Waals surface area contributed by atoms with Crippen molar-refractivity contribution in [2.75, 3.05) is 0 Å². The summed E-state index contributed by atoms with van der Waals surface area (Å²) in [7, 11) is -4.98. The molecule has 4 aliphatic carbocycles. The van der Waals surface area contributed by atoms with E-state index in [4.69, 9.17) is 0 Å². The van der Waals surface area contributed by atoms with Crippen LogP contribution in [0.5, 0.6) is 0 Å². The number of rotatable bonds is 3. The van der Waals surface area contributed by atoms with Crippen LogP contribution >= 0.6 is 0 Å². The molecule has 4 rings (SSSR count). The van der Waals surface area contributed by atoms with Gasteiger partial charge in [0.15, 0.2) is 0 Å². The molecule has 166 valence electrons. The third-order valence-corrected chi connectivity index (χ3v) is 9.81. The quantitative estimate of drug-likeness (QED) is 0.208. The molecular weight excluding hydrogens is 419 g/mol. The van der Waals surface area contributed by atoms with Gasteiger partial charge in [-0.3, -0.25) is 4.18 Å². The summed E-state index contributed by atoms with van der Waals surface area (Å²) in [6.45, 7) is 8.25. The van der Waals surface area contributed by atoms with Crippen LogP contribution < -0.4 is 29.6 Å². The van der Waals surface area contributed by atoms with Crippen LogP contribution in [0.4, 0.5) is 0 Å². The number of aliphatic hydroxyl groups excluding tert-OH is 3. The number of hydrogen-bond acceptors (Lipinski definition) is 7. The van der Waals surface area contributed by atoms with E-state index in [1.165, 1.54) is 0 Å². The minimum Gasteiger partial charge on any atom is -0.726 e. The predicted octanol–water partition coefficient (Wildman–Crippen LogP) is -1.41. The summed E-state index contributed by atoms with van der Waals surface area (Å²) >= 11 is 0. The largest absolute Gasteiger partial charge is 1.00 e. The van der Waals surface area contributed by atoms with Gasteiger partial charge in [-0.2, -0.15) is 0 Å². The maximum atomic E-state index is 11.2. The molecule has 0 radical (unpaired) electrons. The molecule has 0 amide bonds. The summed E-state index contributed by atoms with van der Waals surface area (Å²) in [5.41, 5.74) is -0.442. The van der Waals surface area contributed by atoms with Crippen LogP contribution in [-0.2, 0) is 14.6 Å². The minimum absolute atomic E-state index is 0. The molecule has 0 aromatic heterocycles. The standard InChI is InChI=1S/C21H34O7S.Na/c1-4-12-16(22)9-15-11-5-6-14-18(23)19(24)17(28-29(25,26)27)10-21(14,3)13(11)7-8-20(12,15)2;/h4,11-19,22-24H,1,5-10H2,2-3H3,(H,25,26,27);/q;+1/p-1/t11-,12+,13+,14+,15+,16+,17+,18-,19+,20-,21-;/m1./s1. The zero-order chi connectivity index (χ0) is 21.4. The van der Waals surface area contributed by atoms with E-state index in [0.29, 0.717) is 11.8 Å². The van der Waals surface area contributed by atoms with E-state index < -0.39 is 40.2 Å². The molecule has 9 heteroatoms. The van der Waals surface area contributed by atoms with E-state index in [-0.39, 0.29) is 59.1 Å². The Balaban J connectivity index is 0.00000256. The molecule has 3 N–H and O–H groups in total. The van der Waals surface area contributed by atoms with Gasteiger partial charge >= 0.3 is 29.6 Å². The van der Waals surface area contributed by atoms with Gasteiger partial charge in [0.05, 0.1) is 12.2 Å². The molecule has 0 aromatic carbocycles. The van der Waals surface area contributed by atoms with Gasteiger partial charge in [0.25, 0.3) is 0 Å². The fourth-order valence-electron chi connectivity index (χ4n) is 8.08. The van der Waals surface area contributed by atoms with Gasteiger partial charge in [-0.1, -0.05) is 19.9 Å². The normalized spacial score (nSPS) is 53.1. The molecule has 0 unspecified atom stereocenters. The second kappa shape index (κ2) is 8.37. The maximum Gasteiger partial charge on any atom is 1.00 e. The third-order valence-electron chi connectivity index (χ3n) is 9.33.